The fraction of sp³-hybridized carbons (Fsp3) is 0.250. The Morgan fingerprint density at radius 3 is 2.80 bits per heavy atom. The van der Waals surface area contributed by atoms with Gasteiger partial charge in [-0.1, -0.05) is 0 Å². The van der Waals surface area contributed by atoms with E-state index < -0.39 is 10.0 Å². The molecule has 3 N–H and O–H groups in total. The number of hydrogen-bond donors (Lipinski definition) is 2. The number of oxazole rings is 1. The van der Waals surface area contributed by atoms with Gasteiger partial charge in [0.1, 0.15) is 16.4 Å². The number of rotatable bonds is 5. The number of anilines is 1. The molecule has 8 heteroatoms. The topological polar surface area (TPSA) is 107 Å². The fourth-order valence-electron chi connectivity index (χ4n) is 1.62. The van der Waals surface area contributed by atoms with E-state index in [2.05, 4.69) is 9.71 Å². The van der Waals surface area contributed by atoms with E-state index in [0.717, 1.165) is 0 Å². The molecular formula is C12H15N3O4S. The first-order valence-corrected chi connectivity index (χ1v) is 7.25. The molecule has 0 spiro atoms. The number of nitrogens with two attached hydrogens (primary N) is 1. The van der Waals surface area contributed by atoms with Gasteiger partial charge < -0.3 is 14.9 Å². The van der Waals surface area contributed by atoms with Crippen LogP contribution in [0.25, 0.3) is 0 Å². The standard InChI is InChI=1S/C12H15N3O4S/c1-8-6-14-12(19-8)7-15-20(16,17)11-4-3-9(13)5-10(11)18-2/h3-6,15H,7,13H2,1-2H3. The summed E-state index contributed by atoms with van der Waals surface area (Å²) in [7, 11) is -2.36. The van der Waals surface area contributed by atoms with Crippen LogP contribution in [0.5, 0.6) is 5.75 Å². The van der Waals surface area contributed by atoms with Crippen LogP contribution in [0.3, 0.4) is 0 Å². The summed E-state index contributed by atoms with van der Waals surface area (Å²) in [6.45, 7) is 1.69. The second-order valence-electron chi connectivity index (χ2n) is 4.10. The first kappa shape index (κ1) is 14.4. The van der Waals surface area contributed by atoms with Crippen molar-refractivity contribution in [1.82, 2.24) is 9.71 Å². The lowest BCUT2D eigenvalue weighted by molar-refractivity contribution is 0.402. The normalized spacial score (nSPS) is 11.5. The number of sulfonamides is 1. The maximum Gasteiger partial charge on any atom is 0.244 e. The van der Waals surface area contributed by atoms with E-state index in [4.69, 9.17) is 14.9 Å². The lowest BCUT2D eigenvalue weighted by atomic mass is 10.3. The smallest absolute Gasteiger partial charge is 0.244 e. The van der Waals surface area contributed by atoms with E-state index in [0.29, 0.717) is 17.3 Å². The Kier molecular flexibility index (Phi) is 3.96. The first-order chi connectivity index (χ1) is 9.42. The van der Waals surface area contributed by atoms with Crippen LogP contribution in [-0.2, 0) is 16.6 Å². The Labute approximate surface area is 116 Å². The van der Waals surface area contributed by atoms with Crippen LogP contribution in [0.4, 0.5) is 5.69 Å². The van der Waals surface area contributed by atoms with Crippen LogP contribution >= 0.6 is 0 Å². The minimum absolute atomic E-state index is 0.0116. The molecule has 0 aliphatic carbocycles. The number of aryl methyl sites for hydroxylation is 1. The number of aromatic nitrogens is 1. The minimum Gasteiger partial charge on any atom is -0.495 e. The van der Waals surface area contributed by atoms with Crippen LogP contribution in [-0.4, -0.2) is 20.5 Å². The number of methoxy groups -OCH3 is 1. The zero-order valence-corrected chi connectivity index (χ0v) is 11.9. The Hall–Kier alpha value is -2.06. The molecule has 20 heavy (non-hydrogen) atoms. The SMILES string of the molecule is COc1cc(N)ccc1S(=O)(=O)NCc1ncc(C)o1. The molecule has 0 saturated heterocycles. The summed E-state index contributed by atoms with van der Waals surface area (Å²) in [4.78, 5) is 3.94. The zero-order chi connectivity index (χ0) is 14.8. The first-order valence-electron chi connectivity index (χ1n) is 5.77. The molecule has 0 atom stereocenters. The number of nitrogens with one attached hydrogen (secondary N) is 1. The molecule has 0 fully saturated rings. The Morgan fingerprint density at radius 2 is 2.20 bits per heavy atom. The predicted molar refractivity (Wildman–Crippen MR) is 72.7 cm³/mol. The number of benzene rings is 1. The molecule has 0 aliphatic rings. The number of ether oxygens (including phenoxy) is 1. The van der Waals surface area contributed by atoms with Gasteiger partial charge in [0.25, 0.3) is 0 Å². The van der Waals surface area contributed by atoms with E-state index in [-0.39, 0.29) is 17.2 Å². The lowest BCUT2D eigenvalue weighted by Gasteiger charge is -2.10. The van der Waals surface area contributed by atoms with Crippen molar-refractivity contribution in [2.45, 2.75) is 18.4 Å². The molecule has 1 aromatic carbocycles. The molecule has 7 nitrogen and oxygen atoms in total. The molecule has 0 saturated carbocycles. The Bertz CT molecular complexity index is 709. The van der Waals surface area contributed by atoms with Crippen molar-refractivity contribution >= 4 is 15.7 Å². The van der Waals surface area contributed by atoms with Crippen molar-refractivity contribution in [3.05, 3.63) is 36.0 Å². The summed E-state index contributed by atoms with van der Waals surface area (Å²) in [6, 6.07) is 4.33. The fourth-order valence-corrected chi connectivity index (χ4v) is 2.75. The van der Waals surface area contributed by atoms with Crippen molar-refractivity contribution < 1.29 is 17.6 Å². The molecule has 108 valence electrons. The van der Waals surface area contributed by atoms with E-state index >= 15 is 0 Å². The highest BCUT2D eigenvalue weighted by molar-refractivity contribution is 7.89. The third-order valence-corrected chi connectivity index (χ3v) is 4.00. The van der Waals surface area contributed by atoms with E-state index in [1.165, 1.54) is 31.5 Å². The van der Waals surface area contributed by atoms with Gasteiger partial charge in [-0.15, -0.1) is 0 Å². The molecule has 1 aromatic heterocycles. The summed E-state index contributed by atoms with van der Waals surface area (Å²) >= 11 is 0. The van der Waals surface area contributed by atoms with Crippen LogP contribution < -0.4 is 15.2 Å². The molecule has 1 heterocycles. The minimum atomic E-state index is -3.74. The van der Waals surface area contributed by atoms with Gasteiger partial charge in [0.05, 0.1) is 19.9 Å². The maximum absolute atomic E-state index is 12.2. The van der Waals surface area contributed by atoms with Gasteiger partial charge in [-0.3, -0.25) is 0 Å². The second kappa shape index (κ2) is 5.51. The molecule has 0 amide bonds. The van der Waals surface area contributed by atoms with E-state index in [9.17, 15) is 8.42 Å². The van der Waals surface area contributed by atoms with Crippen LogP contribution in [0.1, 0.15) is 11.7 Å². The molecule has 2 rings (SSSR count). The van der Waals surface area contributed by atoms with E-state index in [1.807, 2.05) is 0 Å². The third-order valence-electron chi connectivity index (χ3n) is 2.56. The van der Waals surface area contributed by atoms with Crippen molar-refractivity contribution in [2.75, 3.05) is 12.8 Å². The van der Waals surface area contributed by atoms with E-state index in [1.54, 1.807) is 6.92 Å². The molecule has 0 aliphatic heterocycles. The summed E-state index contributed by atoms with van der Waals surface area (Å²) in [5, 5.41) is 0. The number of nitrogens with zero attached hydrogens (tertiary/aromatic N) is 1. The van der Waals surface area contributed by atoms with Gasteiger partial charge >= 0.3 is 0 Å². The quantitative estimate of drug-likeness (QED) is 0.799. The monoisotopic (exact) mass is 297 g/mol. The van der Waals surface area contributed by atoms with Crippen molar-refractivity contribution in [1.29, 1.82) is 0 Å². The third kappa shape index (κ3) is 3.09. The highest BCUT2D eigenvalue weighted by atomic mass is 32.2. The summed E-state index contributed by atoms with van der Waals surface area (Å²) in [5.41, 5.74) is 6.01. The van der Waals surface area contributed by atoms with Gasteiger partial charge in [-0.25, -0.2) is 18.1 Å². The molecule has 0 radical (unpaired) electrons. The van der Waals surface area contributed by atoms with Crippen molar-refractivity contribution in [2.24, 2.45) is 0 Å². The number of hydrogen-bond acceptors (Lipinski definition) is 6. The Balaban J connectivity index is 2.22. The van der Waals surface area contributed by atoms with Crippen LogP contribution in [0, 0.1) is 6.92 Å². The largest absolute Gasteiger partial charge is 0.495 e. The zero-order valence-electron chi connectivity index (χ0n) is 11.1. The molecule has 2 aromatic rings. The van der Waals surface area contributed by atoms with Gasteiger partial charge in [0, 0.05) is 11.8 Å². The van der Waals surface area contributed by atoms with Crippen molar-refractivity contribution in [3.63, 3.8) is 0 Å². The maximum atomic E-state index is 12.2. The predicted octanol–water partition coefficient (Wildman–Crippen LogP) is 1.05. The average Bonchev–Trinajstić information content (AvgIpc) is 2.82. The van der Waals surface area contributed by atoms with Gasteiger partial charge in [0.2, 0.25) is 15.9 Å². The molecular weight excluding hydrogens is 282 g/mol. The molecule has 0 unspecified atom stereocenters. The van der Waals surface area contributed by atoms with Gasteiger partial charge in [-0.05, 0) is 19.1 Å². The Morgan fingerprint density at radius 1 is 1.45 bits per heavy atom. The lowest BCUT2D eigenvalue weighted by Crippen LogP contribution is -2.24. The number of nitrogen functional groups attached to an aromatic ring is 1. The van der Waals surface area contributed by atoms with Gasteiger partial charge in [-0.2, -0.15) is 0 Å². The highest BCUT2D eigenvalue weighted by Crippen LogP contribution is 2.25. The van der Waals surface area contributed by atoms with Crippen LogP contribution in [0.2, 0.25) is 0 Å². The second-order valence-corrected chi connectivity index (χ2v) is 5.83. The van der Waals surface area contributed by atoms with Crippen LogP contribution in [0.15, 0.2) is 33.7 Å². The summed E-state index contributed by atoms with van der Waals surface area (Å²) in [5.74, 6) is 1.09. The summed E-state index contributed by atoms with van der Waals surface area (Å²) < 4.78 is 37.0. The molecule has 0 bridgehead atoms. The van der Waals surface area contributed by atoms with Gasteiger partial charge in [0.15, 0.2) is 0 Å². The summed E-state index contributed by atoms with van der Waals surface area (Å²) in [6.07, 6.45) is 1.52. The average molecular weight is 297 g/mol. The highest BCUT2D eigenvalue weighted by Gasteiger charge is 2.20. The van der Waals surface area contributed by atoms with Crippen molar-refractivity contribution in [3.8, 4) is 5.75 Å².